The number of halogens is 1. The first-order valence-corrected chi connectivity index (χ1v) is 16.9. The number of sulfonamides is 2. The molecule has 0 atom stereocenters. The van der Waals surface area contributed by atoms with Crippen LogP contribution in [0.5, 0.6) is 5.75 Å². The molecule has 0 aliphatic rings. The maximum absolute atomic E-state index is 13.5. The van der Waals surface area contributed by atoms with Gasteiger partial charge < -0.3 is 10.1 Å². The van der Waals surface area contributed by atoms with E-state index in [-0.39, 0.29) is 32.5 Å². The minimum atomic E-state index is -4.43. The lowest BCUT2D eigenvalue weighted by Crippen LogP contribution is -2.23. The fourth-order valence-electron chi connectivity index (χ4n) is 4.58. The Balaban J connectivity index is 1.35. The van der Waals surface area contributed by atoms with Crippen molar-refractivity contribution >= 4 is 54.6 Å². The molecular weight excluding hydrogens is 654 g/mol. The first-order chi connectivity index (χ1) is 21.8. The molecule has 46 heavy (non-hydrogen) atoms. The normalized spacial score (nSPS) is 11.6. The highest BCUT2D eigenvalue weighted by atomic mass is 35.5. The third kappa shape index (κ3) is 6.49. The number of hydrogen-bond donors (Lipinski definition) is 3. The Labute approximate surface area is 270 Å². The molecule has 1 heterocycles. The van der Waals surface area contributed by atoms with Crippen molar-refractivity contribution in [3.05, 3.63) is 124 Å². The summed E-state index contributed by atoms with van der Waals surface area (Å²) in [4.78, 5) is 25.9. The lowest BCUT2D eigenvalue weighted by atomic mass is 10.2. The maximum Gasteiger partial charge on any atom is 0.296 e. The number of methoxy groups -OCH3 is 1. The molecule has 0 saturated heterocycles. The van der Waals surface area contributed by atoms with Crippen LogP contribution < -0.4 is 25.1 Å². The van der Waals surface area contributed by atoms with E-state index in [9.17, 15) is 26.4 Å². The van der Waals surface area contributed by atoms with Crippen LogP contribution >= 0.6 is 11.6 Å². The van der Waals surface area contributed by atoms with Gasteiger partial charge in [0.1, 0.15) is 16.3 Å². The fraction of sp³-hybridized carbons (Fsp3) is 0.0968. The molecule has 0 aliphatic carbocycles. The van der Waals surface area contributed by atoms with E-state index in [0.29, 0.717) is 17.1 Å². The first kappa shape index (κ1) is 32.3. The Bertz CT molecular complexity index is 2220. The molecular formula is C31H28ClN5O7S2. The van der Waals surface area contributed by atoms with E-state index < -0.39 is 36.4 Å². The number of nitrogens with one attached hydrogen (secondary N) is 3. The van der Waals surface area contributed by atoms with Gasteiger partial charge in [0, 0.05) is 18.3 Å². The molecule has 0 fully saturated rings. The predicted molar refractivity (Wildman–Crippen MR) is 176 cm³/mol. The maximum atomic E-state index is 13.5. The number of carbonyl (C=O) groups is 1. The van der Waals surface area contributed by atoms with Gasteiger partial charge >= 0.3 is 0 Å². The van der Waals surface area contributed by atoms with Crippen LogP contribution in [0.3, 0.4) is 0 Å². The van der Waals surface area contributed by atoms with Crippen molar-refractivity contribution in [2.75, 3.05) is 21.9 Å². The Hall–Kier alpha value is -5.05. The number of ether oxygens (including phenoxy) is 1. The smallest absolute Gasteiger partial charge is 0.296 e. The van der Waals surface area contributed by atoms with Gasteiger partial charge in [-0.05, 0) is 73.7 Å². The van der Waals surface area contributed by atoms with E-state index in [0.717, 1.165) is 6.07 Å². The summed E-state index contributed by atoms with van der Waals surface area (Å²) in [5.41, 5.74) is 0.584. The molecule has 238 valence electrons. The highest BCUT2D eigenvalue weighted by Crippen LogP contribution is 2.28. The third-order valence-electron chi connectivity index (χ3n) is 7.05. The van der Waals surface area contributed by atoms with Gasteiger partial charge in [0.2, 0.25) is 0 Å². The van der Waals surface area contributed by atoms with Crippen molar-refractivity contribution < 1.29 is 26.4 Å². The van der Waals surface area contributed by atoms with Crippen LogP contribution in [0.25, 0.3) is 5.69 Å². The van der Waals surface area contributed by atoms with E-state index in [1.165, 1.54) is 52.9 Å². The summed E-state index contributed by atoms with van der Waals surface area (Å²) < 4.78 is 65.6. The summed E-state index contributed by atoms with van der Waals surface area (Å²) >= 11 is 6.25. The van der Waals surface area contributed by atoms with Crippen molar-refractivity contribution in [1.82, 2.24) is 9.36 Å². The van der Waals surface area contributed by atoms with Crippen molar-refractivity contribution in [3.63, 3.8) is 0 Å². The zero-order valence-corrected chi connectivity index (χ0v) is 27.1. The van der Waals surface area contributed by atoms with Crippen LogP contribution in [-0.2, 0) is 27.1 Å². The molecule has 5 rings (SSSR count). The van der Waals surface area contributed by atoms with Crippen LogP contribution in [0.15, 0.2) is 112 Å². The fourth-order valence-corrected chi connectivity index (χ4v) is 7.29. The average molecular weight is 682 g/mol. The van der Waals surface area contributed by atoms with Gasteiger partial charge in [-0.25, -0.2) is 21.5 Å². The number of rotatable bonds is 10. The van der Waals surface area contributed by atoms with E-state index in [2.05, 4.69) is 14.8 Å². The Morgan fingerprint density at radius 2 is 1.48 bits per heavy atom. The summed E-state index contributed by atoms with van der Waals surface area (Å²) in [5, 5.41) is 2.44. The number of amides is 1. The quantitative estimate of drug-likeness (QED) is 0.187. The first-order valence-electron chi connectivity index (χ1n) is 13.6. The van der Waals surface area contributed by atoms with Gasteiger partial charge in [-0.3, -0.25) is 23.7 Å². The number of aromatic nitrogens is 2. The van der Waals surface area contributed by atoms with Gasteiger partial charge in [-0.2, -0.15) is 0 Å². The second-order valence-electron chi connectivity index (χ2n) is 9.97. The molecule has 0 bridgehead atoms. The summed E-state index contributed by atoms with van der Waals surface area (Å²) in [5.74, 6) is -0.337. The monoisotopic (exact) mass is 681 g/mol. The third-order valence-corrected chi connectivity index (χ3v) is 10.3. The van der Waals surface area contributed by atoms with Gasteiger partial charge in [0.25, 0.3) is 31.5 Å². The van der Waals surface area contributed by atoms with E-state index in [1.54, 1.807) is 68.6 Å². The van der Waals surface area contributed by atoms with E-state index in [1.807, 2.05) is 0 Å². The molecule has 1 amide bonds. The Kier molecular flexibility index (Phi) is 8.96. The standard InChI is InChI=1S/C31H28ClN5O7S2/c1-20-29(31(39)37(36(20)2)23-9-5-4-6-10-23)35-46(42,43)28-19-21(13-18-25(28)32)30(38)33-22-14-16-24(17-15-22)45(40,41)34-26-11-7-8-12-27(26)44-3/h4-19,34-35H,1-3H3,(H,33,38). The minimum absolute atomic E-state index is 0.0502. The van der Waals surface area contributed by atoms with Crippen molar-refractivity contribution in [3.8, 4) is 11.4 Å². The van der Waals surface area contributed by atoms with Crippen LogP contribution in [0.1, 0.15) is 16.1 Å². The Morgan fingerprint density at radius 1 is 0.826 bits per heavy atom. The molecule has 4 aromatic carbocycles. The van der Waals surface area contributed by atoms with Gasteiger partial charge in [0.15, 0.2) is 0 Å². The van der Waals surface area contributed by atoms with Crippen molar-refractivity contribution in [2.45, 2.75) is 16.7 Å². The molecule has 15 heteroatoms. The number of hydrogen-bond acceptors (Lipinski definition) is 7. The molecule has 3 N–H and O–H groups in total. The molecule has 0 saturated carbocycles. The van der Waals surface area contributed by atoms with E-state index >= 15 is 0 Å². The highest BCUT2D eigenvalue weighted by Gasteiger charge is 2.26. The lowest BCUT2D eigenvalue weighted by molar-refractivity contribution is 0.102. The highest BCUT2D eigenvalue weighted by molar-refractivity contribution is 7.93. The van der Waals surface area contributed by atoms with Gasteiger partial charge in [-0.15, -0.1) is 0 Å². The van der Waals surface area contributed by atoms with Crippen LogP contribution in [-0.4, -0.2) is 39.2 Å². The van der Waals surface area contributed by atoms with Crippen molar-refractivity contribution in [1.29, 1.82) is 0 Å². The van der Waals surface area contributed by atoms with Crippen LogP contribution in [0.4, 0.5) is 17.1 Å². The molecule has 12 nitrogen and oxygen atoms in total. The van der Waals surface area contributed by atoms with Crippen molar-refractivity contribution in [2.24, 2.45) is 7.05 Å². The molecule has 0 spiro atoms. The van der Waals surface area contributed by atoms with Crippen LogP contribution in [0, 0.1) is 6.92 Å². The van der Waals surface area contributed by atoms with Crippen LogP contribution in [0.2, 0.25) is 5.02 Å². The molecule has 1 aromatic heterocycles. The average Bonchev–Trinajstić information content (AvgIpc) is 3.24. The SMILES string of the molecule is COc1ccccc1NS(=O)(=O)c1ccc(NC(=O)c2ccc(Cl)c(S(=O)(=O)Nc3c(C)n(C)n(-c4ccccc4)c3=O)c2)cc1. The molecule has 0 unspecified atom stereocenters. The number of anilines is 3. The second kappa shape index (κ2) is 12.7. The topological polar surface area (TPSA) is 158 Å². The van der Waals surface area contributed by atoms with E-state index in [4.69, 9.17) is 16.3 Å². The van der Waals surface area contributed by atoms with Gasteiger partial charge in [0.05, 0.1) is 34.1 Å². The molecule has 5 aromatic rings. The summed E-state index contributed by atoms with van der Waals surface area (Å²) in [6, 6.07) is 24.3. The van der Waals surface area contributed by atoms with Gasteiger partial charge in [-0.1, -0.05) is 41.9 Å². The number of para-hydroxylation sites is 3. The zero-order valence-electron chi connectivity index (χ0n) is 24.7. The summed E-state index contributed by atoms with van der Waals surface area (Å²) in [6.45, 7) is 1.59. The number of benzene rings is 4. The lowest BCUT2D eigenvalue weighted by Gasteiger charge is -2.12. The number of nitrogens with zero attached hydrogens (tertiary/aromatic N) is 2. The minimum Gasteiger partial charge on any atom is -0.495 e. The Morgan fingerprint density at radius 3 is 2.15 bits per heavy atom. The molecule has 0 radical (unpaired) electrons. The largest absolute Gasteiger partial charge is 0.495 e. The zero-order chi connectivity index (χ0) is 33.2. The predicted octanol–water partition coefficient (Wildman–Crippen LogP) is 5.00. The summed E-state index contributed by atoms with van der Waals surface area (Å²) in [7, 11) is -5.36. The summed E-state index contributed by atoms with van der Waals surface area (Å²) in [6.07, 6.45) is 0. The second-order valence-corrected chi connectivity index (χ2v) is 13.7. The molecule has 0 aliphatic heterocycles. The number of carbonyl (C=O) groups excluding carboxylic acids is 1.